The molecule has 0 fully saturated rings. The van der Waals surface area contributed by atoms with Crippen LogP contribution in [-0.4, -0.2) is 32.6 Å². The highest BCUT2D eigenvalue weighted by Gasteiger charge is 2.16. The van der Waals surface area contributed by atoms with Crippen LogP contribution in [0.2, 0.25) is 0 Å². The van der Waals surface area contributed by atoms with Gasteiger partial charge in [0.05, 0.1) is 24.3 Å². The number of aryl methyl sites for hydroxylation is 1. The predicted octanol–water partition coefficient (Wildman–Crippen LogP) is 1.19. The third-order valence-corrected chi connectivity index (χ3v) is 2.67. The van der Waals surface area contributed by atoms with Crippen LogP contribution in [0.4, 0.5) is 5.69 Å². The molecule has 2 rings (SSSR count). The third kappa shape index (κ3) is 3.19. The van der Waals surface area contributed by atoms with Gasteiger partial charge in [0.25, 0.3) is 0 Å². The molecule has 19 heavy (non-hydrogen) atoms. The second kappa shape index (κ2) is 5.66. The van der Waals surface area contributed by atoms with Gasteiger partial charge >= 0.3 is 0 Å². The van der Waals surface area contributed by atoms with Crippen molar-refractivity contribution >= 4 is 11.6 Å². The largest absolute Gasteiger partial charge is 0.362 e. The molecule has 1 amide bonds. The Balaban J connectivity index is 1.99. The summed E-state index contributed by atoms with van der Waals surface area (Å²) < 4.78 is 8.16. The SMILES string of the molecule is COCn1cc(NC(=O)C(C)n2cc(C)cn2)cn1. The lowest BCUT2D eigenvalue weighted by Crippen LogP contribution is -2.23. The number of nitrogens with zero attached hydrogens (tertiary/aromatic N) is 4. The molecular formula is C12H17N5O2. The van der Waals surface area contributed by atoms with Gasteiger partial charge in [-0.15, -0.1) is 0 Å². The van der Waals surface area contributed by atoms with Crippen LogP contribution in [0.5, 0.6) is 0 Å². The standard InChI is InChI=1S/C12H17N5O2/c1-9-4-14-17(6-9)10(2)12(18)15-11-5-13-16(7-11)8-19-3/h4-7,10H,8H2,1-3H3,(H,15,18). The number of carbonyl (C=O) groups excluding carboxylic acids is 1. The van der Waals surface area contributed by atoms with Crippen molar-refractivity contribution < 1.29 is 9.53 Å². The van der Waals surface area contributed by atoms with Gasteiger partial charge in [0.1, 0.15) is 12.8 Å². The second-order valence-electron chi connectivity index (χ2n) is 4.35. The molecule has 0 bridgehead atoms. The van der Waals surface area contributed by atoms with E-state index in [1.165, 1.54) is 0 Å². The Morgan fingerprint density at radius 2 is 2.21 bits per heavy atom. The molecule has 0 aliphatic carbocycles. The number of methoxy groups -OCH3 is 1. The molecule has 7 heteroatoms. The summed E-state index contributed by atoms with van der Waals surface area (Å²) in [7, 11) is 1.59. The van der Waals surface area contributed by atoms with E-state index in [9.17, 15) is 4.79 Å². The van der Waals surface area contributed by atoms with E-state index < -0.39 is 0 Å². The van der Waals surface area contributed by atoms with Gasteiger partial charge < -0.3 is 10.1 Å². The smallest absolute Gasteiger partial charge is 0.249 e. The lowest BCUT2D eigenvalue weighted by atomic mass is 10.3. The van der Waals surface area contributed by atoms with Gasteiger partial charge in [-0.25, -0.2) is 4.68 Å². The van der Waals surface area contributed by atoms with E-state index in [4.69, 9.17) is 4.74 Å². The molecule has 0 aliphatic heterocycles. The molecule has 0 aromatic carbocycles. The molecule has 0 spiro atoms. The summed E-state index contributed by atoms with van der Waals surface area (Å²) in [6.07, 6.45) is 6.85. The summed E-state index contributed by atoms with van der Waals surface area (Å²) in [5.74, 6) is -0.139. The van der Waals surface area contributed by atoms with Crippen LogP contribution in [0, 0.1) is 6.92 Å². The summed E-state index contributed by atoms with van der Waals surface area (Å²) in [6.45, 7) is 4.08. The van der Waals surface area contributed by atoms with Crippen LogP contribution >= 0.6 is 0 Å². The zero-order valence-electron chi connectivity index (χ0n) is 11.2. The number of rotatable bonds is 5. The molecule has 7 nitrogen and oxygen atoms in total. The Bertz CT molecular complexity index is 560. The highest BCUT2D eigenvalue weighted by molar-refractivity contribution is 5.93. The lowest BCUT2D eigenvalue weighted by Gasteiger charge is -2.11. The summed E-state index contributed by atoms with van der Waals surface area (Å²) in [5.41, 5.74) is 1.66. The fraction of sp³-hybridized carbons (Fsp3) is 0.417. The first-order valence-corrected chi connectivity index (χ1v) is 5.93. The van der Waals surface area contributed by atoms with Gasteiger partial charge in [0, 0.05) is 13.3 Å². The lowest BCUT2D eigenvalue weighted by molar-refractivity contribution is -0.119. The monoisotopic (exact) mass is 263 g/mol. The van der Waals surface area contributed by atoms with E-state index in [1.807, 2.05) is 13.1 Å². The number of carbonyl (C=O) groups is 1. The summed E-state index contributed by atoms with van der Waals surface area (Å²) in [4.78, 5) is 12.0. The molecule has 1 N–H and O–H groups in total. The number of nitrogens with one attached hydrogen (secondary N) is 1. The van der Waals surface area contributed by atoms with Crippen LogP contribution in [-0.2, 0) is 16.3 Å². The molecule has 0 saturated carbocycles. The van der Waals surface area contributed by atoms with E-state index in [2.05, 4.69) is 15.5 Å². The molecule has 2 aromatic heterocycles. The van der Waals surface area contributed by atoms with E-state index in [1.54, 1.807) is 42.0 Å². The Labute approximate surface area is 111 Å². The molecule has 0 aliphatic rings. The van der Waals surface area contributed by atoms with Gasteiger partial charge in [-0.2, -0.15) is 10.2 Å². The van der Waals surface area contributed by atoms with Crippen molar-refractivity contribution in [3.05, 3.63) is 30.4 Å². The minimum absolute atomic E-state index is 0.139. The normalized spacial score (nSPS) is 12.4. The molecule has 1 atom stereocenters. The number of amides is 1. The minimum Gasteiger partial charge on any atom is -0.362 e. The fourth-order valence-electron chi connectivity index (χ4n) is 1.64. The fourth-order valence-corrected chi connectivity index (χ4v) is 1.64. The van der Waals surface area contributed by atoms with Crippen molar-refractivity contribution in [2.45, 2.75) is 26.6 Å². The van der Waals surface area contributed by atoms with Crippen molar-refractivity contribution in [2.75, 3.05) is 12.4 Å². The highest BCUT2D eigenvalue weighted by Crippen LogP contribution is 2.11. The van der Waals surface area contributed by atoms with Crippen LogP contribution in [0.25, 0.3) is 0 Å². The van der Waals surface area contributed by atoms with Gasteiger partial charge in [0.2, 0.25) is 5.91 Å². The Kier molecular flexibility index (Phi) is 3.96. The third-order valence-electron chi connectivity index (χ3n) is 2.67. The number of hydrogen-bond donors (Lipinski definition) is 1. The average Bonchev–Trinajstić information content (AvgIpc) is 2.98. The first-order chi connectivity index (χ1) is 9.10. The van der Waals surface area contributed by atoms with Crippen molar-refractivity contribution in [1.82, 2.24) is 19.6 Å². The van der Waals surface area contributed by atoms with Gasteiger partial charge in [-0.1, -0.05) is 0 Å². The average molecular weight is 263 g/mol. The van der Waals surface area contributed by atoms with Crippen molar-refractivity contribution in [3.8, 4) is 0 Å². The molecule has 102 valence electrons. The minimum atomic E-state index is -0.375. The van der Waals surface area contributed by atoms with Gasteiger partial charge in [0.15, 0.2) is 0 Å². The van der Waals surface area contributed by atoms with Gasteiger partial charge in [-0.05, 0) is 19.4 Å². The Morgan fingerprint density at radius 3 is 2.84 bits per heavy atom. The maximum absolute atomic E-state index is 12.0. The van der Waals surface area contributed by atoms with Crippen LogP contribution in [0.3, 0.4) is 0 Å². The van der Waals surface area contributed by atoms with E-state index in [0.717, 1.165) is 5.56 Å². The molecule has 2 heterocycles. The maximum atomic E-state index is 12.0. The zero-order valence-corrected chi connectivity index (χ0v) is 11.2. The molecular weight excluding hydrogens is 246 g/mol. The van der Waals surface area contributed by atoms with E-state index in [0.29, 0.717) is 12.4 Å². The summed E-state index contributed by atoms with van der Waals surface area (Å²) >= 11 is 0. The van der Waals surface area contributed by atoms with Crippen LogP contribution in [0.15, 0.2) is 24.8 Å². The number of anilines is 1. The van der Waals surface area contributed by atoms with Crippen LogP contribution in [0.1, 0.15) is 18.5 Å². The zero-order chi connectivity index (χ0) is 13.8. The van der Waals surface area contributed by atoms with Crippen molar-refractivity contribution in [1.29, 1.82) is 0 Å². The predicted molar refractivity (Wildman–Crippen MR) is 69.5 cm³/mol. The maximum Gasteiger partial charge on any atom is 0.249 e. The number of aromatic nitrogens is 4. The van der Waals surface area contributed by atoms with E-state index >= 15 is 0 Å². The molecule has 1 unspecified atom stereocenters. The highest BCUT2D eigenvalue weighted by atomic mass is 16.5. The quantitative estimate of drug-likeness (QED) is 0.879. The van der Waals surface area contributed by atoms with Crippen molar-refractivity contribution in [3.63, 3.8) is 0 Å². The second-order valence-corrected chi connectivity index (χ2v) is 4.35. The van der Waals surface area contributed by atoms with E-state index in [-0.39, 0.29) is 11.9 Å². The molecule has 0 saturated heterocycles. The molecule has 0 radical (unpaired) electrons. The first kappa shape index (κ1) is 13.3. The summed E-state index contributed by atoms with van der Waals surface area (Å²) in [5, 5.41) is 11.0. The topological polar surface area (TPSA) is 74.0 Å². The van der Waals surface area contributed by atoms with Crippen molar-refractivity contribution in [2.24, 2.45) is 0 Å². The summed E-state index contributed by atoms with van der Waals surface area (Å²) in [6, 6.07) is -0.375. The Morgan fingerprint density at radius 1 is 1.42 bits per heavy atom. The Hall–Kier alpha value is -2.15. The first-order valence-electron chi connectivity index (χ1n) is 5.93. The number of ether oxygens (including phenoxy) is 1. The van der Waals surface area contributed by atoms with Crippen LogP contribution < -0.4 is 5.32 Å². The molecule has 2 aromatic rings. The van der Waals surface area contributed by atoms with Gasteiger partial charge in [-0.3, -0.25) is 9.48 Å². The number of hydrogen-bond acceptors (Lipinski definition) is 4.